The molecule has 4 bridgehead atoms. The third-order valence-electron chi connectivity index (χ3n) is 10.6. The number of hydrogen-bond acceptors (Lipinski definition) is 11. The molecule has 9 atom stereocenters. The minimum absolute atomic E-state index is 0.00789. The number of rotatable bonds is 5. The van der Waals surface area contributed by atoms with E-state index < -0.39 is 68.7 Å². The maximum Gasteiger partial charge on any atom is 0.349 e. The first kappa shape index (κ1) is 30.3. The van der Waals surface area contributed by atoms with E-state index in [0.717, 1.165) is 12.7 Å². The topological polar surface area (TPSA) is 165 Å². The first-order valence-electron chi connectivity index (χ1n) is 14.7. The number of phenols is 1. The average molecular weight is 643 g/mol. The molecular weight excluding hydrogens is 608 g/mol. The van der Waals surface area contributed by atoms with Crippen LogP contribution in [-0.4, -0.2) is 86.8 Å². The van der Waals surface area contributed by atoms with Gasteiger partial charge < -0.3 is 44.1 Å². The normalized spacial score (nSPS) is 43.2. The van der Waals surface area contributed by atoms with Gasteiger partial charge in [-0.1, -0.05) is 24.6 Å². The number of benzene rings is 1. The van der Waals surface area contributed by atoms with Gasteiger partial charge >= 0.3 is 17.7 Å². The Morgan fingerprint density at radius 3 is 2.53 bits per heavy atom. The highest BCUT2D eigenvalue weighted by Crippen LogP contribution is 2.78. The van der Waals surface area contributed by atoms with Crippen LogP contribution in [0.5, 0.6) is 11.5 Å². The van der Waals surface area contributed by atoms with Crippen molar-refractivity contribution in [1.29, 1.82) is 0 Å². The Balaban J connectivity index is 1.52. The number of methoxy groups -OCH3 is 2. The zero-order valence-electron chi connectivity index (χ0n) is 25.6. The standard InChI is InChI=1S/C33H35ClO11/c1-15(2)7-8-30-24(37)17(11-20(36)25(30)44-30)18-12-28(4)14-29(27(39)42-6)13-22(41-5)31(28,34)32(18,40)33(29)43-21-10-16(3)9-19(35)23(21)26(38)45-33/h7,9-13,20,24-25,35-37,40H,8,14H2,1-6H3/t20-,24+,25-,28?,29?,30+,31-,32+,33?/m0/s1. The monoisotopic (exact) mass is 642 g/mol. The molecule has 45 heavy (non-hydrogen) atoms. The SMILES string of the molecule is COC(=O)C12C=C(OC)[C@]3(Cl)C(C)(C=C(C4=C[C@H](O)[C@@H]5O[C@]5(CC=C(C)C)[C@@H]4O)[C@]3(O)C13OC(=O)c1c(O)cc(C)cc1O3)C2. The van der Waals surface area contributed by atoms with E-state index in [0.29, 0.717) is 5.56 Å². The summed E-state index contributed by atoms with van der Waals surface area (Å²) >= 11 is 7.58. The summed E-state index contributed by atoms with van der Waals surface area (Å²) in [6.07, 6.45) is 3.09. The molecule has 11 nitrogen and oxygen atoms in total. The molecule has 240 valence electrons. The molecule has 7 aliphatic rings. The van der Waals surface area contributed by atoms with E-state index in [1.807, 2.05) is 19.9 Å². The van der Waals surface area contributed by atoms with Crippen molar-refractivity contribution >= 4 is 23.5 Å². The zero-order valence-corrected chi connectivity index (χ0v) is 26.4. The Kier molecular flexibility index (Phi) is 6.01. The lowest BCUT2D eigenvalue weighted by molar-refractivity contribution is -0.331. The lowest BCUT2D eigenvalue weighted by Crippen LogP contribution is -2.85. The molecule has 8 rings (SSSR count). The number of halogens is 1. The first-order valence-corrected chi connectivity index (χ1v) is 15.1. The molecular formula is C33H35ClO11. The number of allylic oxidation sites excluding steroid dienone is 2. The van der Waals surface area contributed by atoms with Gasteiger partial charge in [0.1, 0.15) is 46.7 Å². The van der Waals surface area contributed by atoms with Gasteiger partial charge in [-0.15, -0.1) is 11.6 Å². The summed E-state index contributed by atoms with van der Waals surface area (Å²) in [6, 6.07) is 2.83. The van der Waals surface area contributed by atoms with Crippen LogP contribution in [0.2, 0.25) is 0 Å². The Hall–Kier alpha value is -3.35. The van der Waals surface area contributed by atoms with Crippen molar-refractivity contribution in [2.45, 2.75) is 80.7 Å². The van der Waals surface area contributed by atoms with Crippen molar-refractivity contribution in [3.63, 3.8) is 0 Å². The van der Waals surface area contributed by atoms with Crippen LogP contribution in [0.4, 0.5) is 0 Å². The Labute approximate surface area is 264 Å². The van der Waals surface area contributed by atoms with Gasteiger partial charge in [0.05, 0.1) is 14.2 Å². The number of carbonyl (C=O) groups is 2. The molecule has 2 heterocycles. The quantitative estimate of drug-likeness (QED) is 0.162. The summed E-state index contributed by atoms with van der Waals surface area (Å²) in [7, 11) is 2.49. The van der Waals surface area contributed by atoms with Crippen LogP contribution in [0.25, 0.3) is 0 Å². The van der Waals surface area contributed by atoms with E-state index in [1.165, 1.54) is 31.4 Å². The highest BCUT2D eigenvalue weighted by Gasteiger charge is 2.92. The van der Waals surface area contributed by atoms with Crippen molar-refractivity contribution in [1.82, 2.24) is 0 Å². The lowest BCUT2D eigenvalue weighted by Gasteiger charge is -2.67. The fraction of sp³-hybridized carbons (Fsp3) is 0.515. The second-order valence-corrected chi connectivity index (χ2v) is 14.0. The van der Waals surface area contributed by atoms with Gasteiger partial charge in [0, 0.05) is 11.8 Å². The number of ether oxygens (including phenoxy) is 5. The van der Waals surface area contributed by atoms with E-state index in [4.69, 9.17) is 35.3 Å². The number of fused-ring (bicyclic) bond motifs is 2. The highest BCUT2D eigenvalue weighted by molar-refractivity contribution is 6.29. The van der Waals surface area contributed by atoms with Crippen LogP contribution in [0.1, 0.15) is 49.5 Å². The maximum absolute atomic E-state index is 14.0. The smallest absolute Gasteiger partial charge is 0.349 e. The molecule has 0 radical (unpaired) electrons. The summed E-state index contributed by atoms with van der Waals surface area (Å²) < 4.78 is 29.6. The third-order valence-corrected chi connectivity index (χ3v) is 11.5. The Morgan fingerprint density at radius 1 is 1.18 bits per heavy atom. The molecule has 3 unspecified atom stereocenters. The molecule has 2 fully saturated rings. The van der Waals surface area contributed by atoms with Crippen molar-refractivity contribution in [3.05, 3.63) is 70.0 Å². The van der Waals surface area contributed by atoms with Crippen molar-refractivity contribution in [2.75, 3.05) is 14.2 Å². The molecule has 0 aromatic heterocycles. The fourth-order valence-electron chi connectivity index (χ4n) is 8.58. The summed E-state index contributed by atoms with van der Waals surface area (Å²) in [6.45, 7) is 7.18. The summed E-state index contributed by atoms with van der Waals surface area (Å²) in [5, 5.41) is 47.3. The number of alkyl halides is 1. The first-order chi connectivity index (χ1) is 21.0. The number of aromatic hydroxyl groups is 1. The van der Waals surface area contributed by atoms with E-state index in [1.54, 1.807) is 19.9 Å². The third kappa shape index (κ3) is 3.20. The number of phenolic OH excluding ortho intramolecular Hbond substituents is 1. The average Bonchev–Trinajstić information content (AvgIpc) is 3.70. The van der Waals surface area contributed by atoms with E-state index in [-0.39, 0.29) is 41.1 Å². The maximum atomic E-state index is 14.0. The molecule has 1 saturated heterocycles. The Bertz CT molecular complexity index is 1710. The van der Waals surface area contributed by atoms with Crippen LogP contribution in [0.15, 0.2) is 58.9 Å². The van der Waals surface area contributed by atoms with Gasteiger partial charge in [-0.25, -0.2) is 4.79 Å². The minimum Gasteiger partial charge on any atom is -0.507 e. The number of epoxide rings is 1. The molecule has 1 aromatic rings. The van der Waals surface area contributed by atoms with Gasteiger partial charge in [0.15, 0.2) is 15.9 Å². The van der Waals surface area contributed by atoms with Crippen molar-refractivity contribution in [2.24, 2.45) is 10.8 Å². The van der Waals surface area contributed by atoms with E-state index in [9.17, 15) is 30.0 Å². The van der Waals surface area contributed by atoms with Crippen LogP contribution >= 0.6 is 11.6 Å². The van der Waals surface area contributed by atoms with Crippen LogP contribution in [0.3, 0.4) is 0 Å². The molecule has 5 aliphatic carbocycles. The van der Waals surface area contributed by atoms with E-state index >= 15 is 0 Å². The number of carbonyl (C=O) groups excluding carboxylic acids is 2. The van der Waals surface area contributed by atoms with Gasteiger partial charge in [-0.05, 0) is 68.2 Å². The molecule has 2 aliphatic heterocycles. The molecule has 1 spiro atoms. The van der Waals surface area contributed by atoms with Crippen LogP contribution < -0.4 is 4.74 Å². The van der Waals surface area contributed by atoms with Crippen LogP contribution in [-0.2, 0) is 23.7 Å². The van der Waals surface area contributed by atoms with Gasteiger partial charge in [0.2, 0.25) is 0 Å². The minimum atomic E-state index is -2.65. The Morgan fingerprint density at radius 2 is 1.89 bits per heavy atom. The summed E-state index contributed by atoms with van der Waals surface area (Å²) in [5.41, 5.74) is -5.96. The van der Waals surface area contributed by atoms with Crippen molar-refractivity contribution < 1.29 is 53.7 Å². The fourth-order valence-corrected chi connectivity index (χ4v) is 9.06. The molecule has 1 aromatic carbocycles. The predicted octanol–water partition coefficient (Wildman–Crippen LogP) is 2.86. The van der Waals surface area contributed by atoms with Crippen LogP contribution in [0, 0.1) is 17.8 Å². The summed E-state index contributed by atoms with van der Waals surface area (Å²) in [4.78, 5) is 25.9. The highest BCUT2D eigenvalue weighted by atomic mass is 35.5. The van der Waals surface area contributed by atoms with Crippen molar-refractivity contribution in [3.8, 4) is 11.5 Å². The second-order valence-electron chi connectivity index (χ2n) is 13.5. The van der Waals surface area contributed by atoms with Gasteiger partial charge in [-0.2, -0.15) is 0 Å². The second kappa shape index (κ2) is 8.92. The number of aliphatic hydroxyl groups excluding tert-OH is 2. The van der Waals surface area contributed by atoms with E-state index in [2.05, 4.69) is 0 Å². The molecule has 0 amide bonds. The number of hydrogen-bond donors (Lipinski definition) is 4. The number of esters is 2. The lowest BCUT2D eigenvalue weighted by atomic mass is 9.46. The molecule has 4 N–H and O–H groups in total. The summed E-state index contributed by atoms with van der Waals surface area (Å²) in [5.74, 6) is -5.21. The molecule has 1 saturated carbocycles. The number of aryl methyl sites for hydroxylation is 1. The zero-order chi connectivity index (χ0) is 32.7. The number of aliphatic hydroxyl groups is 3. The van der Waals surface area contributed by atoms with Gasteiger partial charge in [-0.3, -0.25) is 4.79 Å². The predicted molar refractivity (Wildman–Crippen MR) is 157 cm³/mol. The molecule has 12 heteroatoms. The van der Waals surface area contributed by atoms with Gasteiger partial charge in [0.25, 0.3) is 0 Å². The largest absolute Gasteiger partial charge is 0.507 e.